The summed E-state index contributed by atoms with van der Waals surface area (Å²) in [6.45, 7) is 2.73. The van der Waals surface area contributed by atoms with E-state index in [1.807, 2.05) is 25.1 Å². The topological polar surface area (TPSA) is 21.3 Å². The molecule has 112 valence electrons. The van der Waals surface area contributed by atoms with Crippen LogP contribution in [0.3, 0.4) is 0 Å². The third-order valence-electron chi connectivity index (χ3n) is 3.19. The highest BCUT2D eigenvalue weighted by molar-refractivity contribution is 9.10. The molecule has 0 amide bonds. The zero-order valence-electron chi connectivity index (χ0n) is 11.8. The van der Waals surface area contributed by atoms with E-state index in [1.54, 1.807) is 19.2 Å². The first-order valence-electron chi connectivity index (χ1n) is 6.58. The lowest BCUT2D eigenvalue weighted by Gasteiger charge is -2.22. The van der Waals surface area contributed by atoms with E-state index in [1.165, 1.54) is 6.07 Å². The number of benzene rings is 2. The van der Waals surface area contributed by atoms with Crippen molar-refractivity contribution in [2.24, 2.45) is 0 Å². The fourth-order valence-electron chi connectivity index (χ4n) is 2.23. The summed E-state index contributed by atoms with van der Waals surface area (Å²) in [6, 6.07) is 10.3. The molecular weight excluding hydrogens is 357 g/mol. The molecule has 2 aromatic carbocycles. The third-order valence-corrected chi connectivity index (χ3v) is 4.07. The van der Waals surface area contributed by atoms with E-state index >= 15 is 0 Å². The van der Waals surface area contributed by atoms with Gasteiger partial charge in [-0.1, -0.05) is 24.6 Å². The second-order valence-corrected chi connectivity index (χ2v) is 5.84. The van der Waals surface area contributed by atoms with Crippen molar-refractivity contribution in [3.05, 3.63) is 62.8 Å². The Morgan fingerprint density at radius 1 is 1.29 bits per heavy atom. The Hall–Kier alpha value is -1.10. The summed E-state index contributed by atoms with van der Waals surface area (Å²) in [6.07, 6.45) is 0. The monoisotopic (exact) mass is 371 g/mol. The average Bonchev–Trinajstić information content (AvgIpc) is 2.48. The second kappa shape index (κ2) is 7.25. The highest BCUT2D eigenvalue weighted by Gasteiger charge is 2.19. The van der Waals surface area contributed by atoms with Crippen molar-refractivity contribution in [1.82, 2.24) is 5.32 Å². The lowest BCUT2D eigenvalue weighted by Crippen LogP contribution is -2.22. The number of halogens is 3. The Morgan fingerprint density at radius 2 is 2.05 bits per heavy atom. The van der Waals surface area contributed by atoms with Crippen molar-refractivity contribution in [2.45, 2.75) is 13.0 Å². The van der Waals surface area contributed by atoms with Gasteiger partial charge in [-0.2, -0.15) is 0 Å². The average molecular weight is 373 g/mol. The minimum atomic E-state index is -0.295. The zero-order chi connectivity index (χ0) is 15.4. The van der Waals surface area contributed by atoms with Crippen molar-refractivity contribution in [1.29, 1.82) is 0 Å². The maximum Gasteiger partial charge on any atom is 0.137 e. The lowest BCUT2D eigenvalue weighted by molar-refractivity contribution is 0.404. The Labute approximate surface area is 137 Å². The molecule has 2 nitrogen and oxygen atoms in total. The summed E-state index contributed by atoms with van der Waals surface area (Å²) in [4.78, 5) is 0. The smallest absolute Gasteiger partial charge is 0.137 e. The Morgan fingerprint density at radius 3 is 2.67 bits per heavy atom. The molecule has 1 unspecified atom stereocenters. The highest BCUT2D eigenvalue weighted by Crippen LogP contribution is 2.33. The second-order valence-electron chi connectivity index (χ2n) is 4.55. The fourth-order valence-corrected chi connectivity index (χ4v) is 2.66. The number of methoxy groups -OCH3 is 1. The molecule has 2 aromatic rings. The van der Waals surface area contributed by atoms with Gasteiger partial charge in [-0.25, -0.2) is 4.39 Å². The standard InChI is InChI=1S/C16H16BrClFNO/c1-3-20-16(10-4-6-13(17)14(19)8-10)12-9-11(18)5-7-15(12)21-2/h4-9,16,20H,3H2,1-2H3. The quantitative estimate of drug-likeness (QED) is 0.802. The van der Waals surface area contributed by atoms with Crippen LogP contribution in [0, 0.1) is 5.82 Å². The minimum absolute atomic E-state index is 0.189. The zero-order valence-corrected chi connectivity index (χ0v) is 14.1. The van der Waals surface area contributed by atoms with Gasteiger partial charge in [0.2, 0.25) is 0 Å². The molecular formula is C16H16BrClFNO. The maximum atomic E-state index is 13.8. The van der Waals surface area contributed by atoms with Gasteiger partial charge < -0.3 is 10.1 Å². The third kappa shape index (κ3) is 3.76. The lowest BCUT2D eigenvalue weighted by atomic mass is 9.97. The molecule has 0 aromatic heterocycles. The SMILES string of the molecule is CCNC(c1ccc(Br)c(F)c1)c1cc(Cl)ccc1OC. The predicted octanol–water partition coefficient (Wildman–Crippen LogP) is 4.95. The van der Waals surface area contributed by atoms with Gasteiger partial charge >= 0.3 is 0 Å². The van der Waals surface area contributed by atoms with E-state index in [-0.39, 0.29) is 11.9 Å². The fraction of sp³-hybridized carbons (Fsp3) is 0.250. The summed E-state index contributed by atoms with van der Waals surface area (Å²) in [7, 11) is 1.61. The van der Waals surface area contributed by atoms with Gasteiger partial charge in [0.15, 0.2) is 0 Å². The number of hydrogen-bond donors (Lipinski definition) is 1. The first-order chi connectivity index (χ1) is 10.1. The van der Waals surface area contributed by atoms with Crippen molar-refractivity contribution in [3.63, 3.8) is 0 Å². The molecule has 5 heteroatoms. The Balaban J connectivity index is 2.52. The van der Waals surface area contributed by atoms with Crippen LogP contribution >= 0.6 is 27.5 Å². The minimum Gasteiger partial charge on any atom is -0.496 e. The van der Waals surface area contributed by atoms with Crippen LogP contribution in [0.4, 0.5) is 4.39 Å². The summed E-state index contributed by atoms with van der Waals surface area (Å²) >= 11 is 9.27. The molecule has 2 rings (SSSR count). The van der Waals surface area contributed by atoms with Gasteiger partial charge in [0, 0.05) is 10.6 Å². The van der Waals surface area contributed by atoms with E-state index in [0.29, 0.717) is 15.2 Å². The van der Waals surface area contributed by atoms with Crippen LogP contribution in [-0.4, -0.2) is 13.7 Å². The molecule has 21 heavy (non-hydrogen) atoms. The number of nitrogens with one attached hydrogen (secondary N) is 1. The summed E-state index contributed by atoms with van der Waals surface area (Å²) in [5.74, 6) is 0.421. The van der Waals surface area contributed by atoms with Gasteiger partial charge in [0.05, 0.1) is 17.6 Å². The van der Waals surface area contributed by atoms with Crippen LogP contribution in [0.25, 0.3) is 0 Å². The largest absolute Gasteiger partial charge is 0.496 e. The molecule has 0 fully saturated rings. The van der Waals surface area contributed by atoms with E-state index in [0.717, 1.165) is 17.7 Å². The predicted molar refractivity (Wildman–Crippen MR) is 87.6 cm³/mol. The van der Waals surface area contributed by atoms with Crippen LogP contribution in [0.2, 0.25) is 5.02 Å². The molecule has 0 saturated heterocycles. The molecule has 0 heterocycles. The summed E-state index contributed by atoms with van der Waals surface area (Å²) in [5, 5.41) is 3.96. The van der Waals surface area contributed by atoms with E-state index in [2.05, 4.69) is 21.2 Å². The molecule has 0 spiro atoms. The molecule has 0 aliphatic heterocycles. The number of hydrogen-bond acceptors (Lipinski definition) is 2. The van der Waals surface area contributed by atoms with Crippen LogP contribution in [-0.2, 0) is 0 Å². The van der Waals surface area contributed by atoms with E-state index in [9.17, 15) is 4.39 Å². The van der Waals surface area contributed by atoms with Crippen molar-refractivity contribution < 1.29 is 9.13 Å². The Bertz CT molecular complexity index is 636. The van der Waals surface area contributed by atoms with Gasteiger partial charge in [-0.15, -0.1) is 0 Å². The van der Waals surface area contributed by atoms with E-state index in [4.69, 9.17) is 16.3 Å². The molecule has 0 aliphatic carbocycles. The van der Waals surface area contributed by atoms with Crippen LogP contribution in [0.1, 0.15) is 24.1 Å². The maximum absolute atomic E-state index is 13.8. The molecule has 0 aliphatic rings. The first kappa shape index (κ1) is 16.3. The van der Waals surface area contributed by atoms with Gasteiger partial charge in [-0.05, 0) is 58.4 Å². The van der Waals surface area contributed by atoms with E-state index < -0.39 is 0 Å². The highest BCUT2D eigenvalue weighted by atomic mass is 79.9. The number of ether oxygens (including phenoxy) is 1. The number of rotatable bonds is 5. The molecule has 0 bridgehead atoms. The van der Waals surface area contributed by atoms with Crippen molar-refractivity contribution >= 4 is 27.5 Å². The molecule has 1 atom stereocenters. The van der Waals surface area contributed by atoms with Crippen molar-refractivity contribution in [2.75, 3.05) is 13.7 Å². The first-order valence-corrected chi connectivity index (χ1v) is 7.75. The normalized spacial score (nSPS) is 12.2. The summed E-state index contributed by atoms with van der Waals surface area (Å²) < 4.78 is 19.7. The molecule has 0 saturated carbocycles. The van der Waals surface area contributed by atoms with Crippen molar-refractivity contribution in [3.8, 4) is 5.75 Å². The van der Waals surface area contributed by atoms with Gasteiger partial charge in [0.25, 0.3) is 0 Å². The molecule has 1 N–H and O–H groups in total. The Kier molecular flexibility index (Phi) is 5.62. The van der Waals surface area contributed by atoms with Crippen LogP contribution in [0.15, 0.2) is 40.9 Å². The van der Waals surface area contributed by atoms with Crippen LogP contribution < -0.4 is 10.1 Å². The van der Waals surface area contributed by atoms with Crippen LogP contribution in [0.5, 0.6) is 5.75 Å². The van der Waals surface area contributed by atoms with Gasteiger partial charge in [-0.3, -0.25) is 0 Å². The van der Waals surface area contributed by atoms with Gasteiger partial charge in [0.1, 0.15) is 11.6 Å². The molecule has 0 radical (unpaired) electrons. The summed E-state index contributed by atoms with van der Waals surface area (Å²) in [5.41, 5.74) is 1.70.